The molecule has 102 valence electrons. The van der Waals surface area contributed by atoms with E-state index in [4.69, 9.17) is 0 Å². The summed E-state index contributed by atoms with van der Waals surface area (Å²) in [6, 6.07) is 0. The van der Waals surface area contributed by atoms with Gasteiger partial charge in [0.1, 0.15) is 0 Å². The van der Waals surface area contributed by atoms with E-state index in [0.717, 1.165) is 25.3 Å². The first-order chi connectivity index (χ1) is 8.10. The minimum atomic E-state index is -3.03. The molecule has 0 saturated carbocycles. The maximum atomic E-state index is 12.1. The van der Waals surface area contributed by atoms with Crippen LogP contribution in [0.5, 0.6) is 0 Å². The zero-order valence-corrected chi connectivity index (χ0v) is 12.4. The Kier molecular flexibility index (Phi) is 6.84. The Morgan fingerprint density at radius 1 is 1.41 bits per heavy atom. The lowest BCUT2D eigenvalue weighted by atomic mass is 10.3. The topological polar surface area (TPSA) is 49.4 Å². The van der Waals surface area contributed by atoms with Crippen molar-refractivity contribution in [3.05, 3.63) is 0 Å². The monoisotopic (exact) mass is 280 g/mol. The van der Waals surface area contributed by atoms with Gasteiger partial charge >= 0.3 is 0 Å². The van der Waals surface area contributed by atoms with Gasteiger partial charge in [0.2, 0.25) is 10.0 Å². The first-order valence-electron chi connectivity index (χ1n) is 6.40. The highest BCUT2D eigenvalue weighted by Gasteiger charge is 2.27. The average molecular weight is 280 g/mol. The van der Waals surface area contributed by atoms with Crippen LogP contribution in [0.15, 0.2) is 0 Å². The highest BCUT2D eigenvalue weighted by Crippen LogP contribution is 2.23. The number of hydrogen-bond acceptors (Lipinski definition) is 4. The summed E-state index contributed by atoms with van der Waals surface area (Å²) in [6.45, 7) is 7.23. The van der Waals surface area contributed by atoms with E-state index in [1.165, 1.54) is 0 Å². The molecule has 1 heterocycles. The number of nitrogens with zero attached hydrogens (tertiary/aromatic N) is 1. The highest BCUT2D eigenvalue weighted by molar-refractivity contribution is 8.00. The van der Waals surface area contributed by atoms with Gasteiger partial charge in [-0.3, -0.25) is 0 Å². The SMILES string of the molecule is CCNCCCS(=O)(=O)N1CCSC(CC)C1. The van der Waals surface area contributed by atoms with Crippen molar-refractivity contribution < 1.29 is 8.42 Å². The molecule has 1 unspecified atom stereocenters. The zero-order chi connectivity index (χ0) is 12.7. The number of sulfonamides is 1. The molecule has 6 heteroatoms. The standard InChI is InChI=1S/C11H24N2O2S2/c1-3-11-10-13(7-8-16-11)17(14,15)9-5-6-12-4-2/h11-12H,3-10H2,1-2H3. The van der Waals surface area contributed by atoms with Crippen molar-refractivity contribution in [1.82, 2.24) is 9.62 Å². The van der Waals surface area contributed by atoms with Gasteiger partial charge in [-0.15, -0.1) is 0 Å². The Hall–Kier alpha value is 0.220. The van der Waals surface area contributed by atoms with Crippen LogP contribution in [0.25, 0.3) is 0 Å². The summed E-state index contributed by atoms with van der Waals surface area (Å²) in [5, 5.41) is 3.64. The third kappa shape index (κ3) is 5.16. The molecule has 1 aliphatic rings. The summed E-state index contributed by atoms with van der Waals surface area (Å²) < 4.78 is 25.9. The van der Waals surface area contributed by atoms with Gasteiger partial charge in [-0.2, -0.15) is 16.1 Å². The predicted octanol–water partition coefficient (Wildman–Crippen LogP) is 1.14. The van der Waals surface area contributed by atoms with Crippen LogP contribution in [0.2, 0.25) is 0 Å². The molecular weight excluding hydrogens is 256 g/mol. The van der Waals surface area contributed by atoms with Crippen LogP contribution in [-0.2, 0) is 10.0 Å². The summed E-state index contributed by atoms with van der Waals surface area (Å²) in [7, 11) is -3.03. The second kappa shape index (κ2) is 7.61. The first kappa shape index (κ1) is 15.3. The summed E-state index contributed by atoms with van der Waals surface area (Å²) in [4.78, 5) is 0. The molecule has 1 saturated heterocycles. The maximum absolute atomic E-state index is 12.1. The molecule has 1 N–H and O–H groups in total. The Morgan fingerprint density at radius 3 is 2.82 bits per heavy atom. The van der Waals surface area contributed by atoms with Crippen molar-refractivity contribution in [3.8, 4) is 0 Å². The fourth-order valence-electron chi connectivity index (χ4n) is 1.88. The lowest BCUT2D eigenvalue weighted by molar-refractivity contribution is 0.415. The number of rotatable bonds is 7. The lowest BCUT2D eigenvalue weighted by Crippen LogP contribution is -2.43. The van der Waals surface area contributed by atoms with Crippen LogP contribution in [0.3, 0.4) is 0 Å². The third-order valence-electron chi connectivity index (χ3n) is 2.96. The highest BCUT2D eigenvalue weighted by atomic mass is 32.2. The summed E-state index contributed by atoms with van der Waals surface area (Å²) in [6.07, 6.45) is 1.75. The van der Waals surface area contributed by atoms with E-state index in [0.29, 0.717) is 24.8 Å². The molecule has 1 atom stereocenters. The minimum Gasteiger partial charge on any atom is -0.317 e. The minimum absolute atomic E-state index is 0.279. The van der Waals surface area contributed by atoms with Crippen LogP contribution >= 0.6 is 11.8 Å². The Bertz CT molecular complexity index is 307. The molecule has 0 aliphatic carbocycles. The smallest absolute Gasteiger partial charge is 0.214 e. The predicted molar refractivity (Wildman–Crippen MR) is 75.1 cm³/mol. The zero-order valence-electron chi connectivity index (χ0n) is 10.8. The molecule has 4 nitrogen and oxygen atoms in total. The van der Waals surface area contributed by atoms with Gasteiger partial charge in [-0.1, -0.05) is 13.8 Å². The second-order valence-electron chi connectivity index (χ2n) is 4.28. The van der Waals surface area contributed by atoms with Crippen LogP contribution in [0, 0.1) is 0 Å². The van der Waals surface area contributed by atoms with Crippen LogP contribution in [0.1, 0.15) is 26.7 Å². The summed E-state index contributed by atoms with van der Waals surface area (Å²) in [5.41, 5.74) is 0. The fourth-order valence-corrected chi connectivity index (χ4v) is 4.81. The lowest BCUT2D eigenvalue weighted by Gasteiger charge is -2.31. The number of nitrogens with one attached hydrogen (secondary N) is 1. The maximum Gasteiger partial charge on any atom is 0.214 e. The van der Waals surface area contributed by atoms with Crippen molar-refractivity contribution in [1.29, 1.82) is 0 Å². The Morgan fingerprint density at radius 2 is 2.18 bits per heavy atom. The normalized spacial score (nSPS) is 22.8. The van der Waals surface area contributed by atoms with E-state index in [2.05, 4.69) is 12.2 Å². The van der Waals surface area contributed by atoms with E-state index in [1.807, 2.05) is 18.7 Å². The second-order valence-corrected chi connectivity index (χ2v) is 7.78. The fraction of sp³-hybridized carbons (Fsp3) is 1.00. The van der Waals surface area contributed by atoms with Gasteiger partial charge in [0.05, 0.1) is 5.75 Å². The molecule has 0 aromatic carbocycles. The molecule has 0 radical (unpaired) electrons. The van der Waals surface area contributed by atoms with Gasteiger partial charge in [0.15, 0.2) is 0 Å². The molecule has 0 spiro atoms. The Labute approximate surface area is 110 Å². The van der Waals surface area contributed by atoms with Gasteiger partial charge in [-0.25, -0.2) is 8.42 Å². The number of hydrogen-bond donors (Lipinski definition) is 1. The number of thioether (sulfide) groups is 1. The van der Waals surface area contributed by atoms with E-state index in [9.17, 15) is 8.42 Å². The first-order valence-corrected chi connectivity index (χ1v) is 9.06. The molecule has 0 aromatic rings. The van der Waals surface area contributed by atoms with Gasteiger partial charge in [0.25, 0.3) is 0 Å². The van der Waals surface area contributed by atoms with E-state index >= 15 is 0 Å². The van der Waals surface area contributed by atoms with Crippen LogP contribution in [-0.4, -0.2) is 55.7 Å². The molecule has 0 aromatic heterocycles. The third-order valence-corrected chi connectivity index (χ3v) is 6.25. The van der Waals surface area contributed by atoms with E-state index < -0.39 is 10.0 Å². The van der Waals surface area contributed by atoms with Gasteiger partial charge in [0, 0.05) is 24.1 Å². The van der Waals surface area contributed by atoms with Crippen molar-refractivity contribution >= 4 is 21.8 Å². The largest absolute Gasteiger partial charge is 0.317 e. The van der Waals surface area contributed by atoms with E-state index in [-0.39, 0.29) is 5.75 Å². The molecule has 1 fully saturated rings. The van der Waals surface area contributed by atoms with Crippen molar-refractivity contribution in [2.24, 2.45) is 0 Å². The van der Waals surface area contributed by atoms with Crippen molar-refractivity contribution in [2.75, 3.05) is 37.7 Å². The molecule has 0 amide bonds. The van der Waals surface area contributed by atoms with E-state index in [1.54, 1.807) is 4.31 Å². The van der Waals surface area contributed by atoms with Gasteiger partial charge in [-0.05, 0) is 25.9 Å². The Balaban J connectivity index is 2.40. The molecule has 1 aliphatic heterocycles. The quantitative estimate of drug-likeness (QED) is 0.711. The average Bonchev–Trinajstić information content (AvgIpc) is 2.35. The summed E-state index contributed by atoms with van der Waals surface area (Å²) in [5.74, 6) is 1.21. The molecule has 17 heavy (non-hydrogen) atoms. The van der Waals surface area contributed by atoms with Crippen LogP contribution in [0.4, 0.5) is 0 Å². The molecule has 1 rings (SSSR count). The van der Waals surface area contributed by atoms with Crippen molar-refractivity contribution in [3.63, 3.8) is 0 Å². The summed E-state index contributed by atoms with van der Waals surface area (Å²) >= 11 is 1.90. The van der Waals surface area contributed by atoms with Crippen LogP contribution < -0.4 is 5.32 Å². The molecular formula is C11H24N2O2S2. The molecule has 0 bridgehead atoms. The van der Waals surface area contributed by atoms with Gasteiger partial charge < -0.3 is 5.32 Å². The van der Waals surface area contributed by atoms with Crippen molar-refractivity contribution in [2.45, 2.75) is 31.9 Å².